The summed E-state index contributed by atoms with van der Waals surface area (Å²) >= 11 is 0. The van der Waals surface area contributed by atoms with Crippen molar-refractivity contribution < 1.29 is 4.79 Å². The average Bonchev–Trinajstić information content (AvgIpc) is 3.28. The lowest BCUT2D eigenvalue weighted by Crippen LogP contribution is -2.38. The number of nitrogens with zero attached hydrogens (tertiary/aromatic N) is 6. The number of carbonyl (C=O) groups is 1. The predicted molar refractivity (Wildman–Crippen MR) is 86.0 cm³/mol. The Morgan fingerprint density at radius 2 is 2.08 bits per heavy atom. The maximum Gasteiger partial charge on any atom is 0.258 e. The molecule has 1 amide bonds. The summed E-state index contributed by atoms with van der Waals surface area (Å²) in [6, 6.07) is 3.70. The van der Waals surface area contributed by atoms with Gasteiger partial charge in [0.05, 0.1) is 24.0 Å². The molecule has 24 heavy (non-hydrogen) atoms. The number of hydrogen-bond acceptors (Lipinski definition) is 5. The molecule has 3 aromatic rings. The number of rotatable bonds is 3. The number of hydrogen-bond donors (Lipinski definition) is 1. The van der Waals surface area contributed by atoms with Gasteiger partial charge in [0.25, 0.3) is 5.91 Å². The molecule has 0 atom stereocenters. The van der Waals surface area contributed by atoms with E-state index in [0.29, 0.717) is 24.3 Å². The molecule has 0 unspecified atom stereocenters. The number of amides is 1. The zero-order valence-electron chi connectivity index (χ0n) is 13.3. The predicted octanol–water partition coefficient (Wildman–Crippen LogP) is 1.28. The van der Waals surface area contributed by atoms with Crippen LogP contribution in [0.25, 0.3) is 11.3 Å². The van der Waals surface area contributed by atoms with E-state index >= 15 is 0 Å². The fourth-order valence-electron chi connectivity index (χ4n) is 3.01. The lowest BCUT2D eigenvalue weighted by Gasteiger charge is -2.27. The molecule has 0 aliphatic carbocycles. The Morgan fingerprint density at radius 3 is 2.88 bits per heavy atom. The molecule has 1 aliphatic rings. The molecule has 4 rings (SSSR count). The van der Waals surface area contributed by atoms with Crippen molar-refractivity contribution in [3.8, 4) is 11.3 Å². The number of nitrogens with one attached hydrogen (secondary N) is 1. The first-order valence-corrected chi connectivity index (χ1v) is 7.92. The topological polar surface area (TPSA) is 92.6 Å². The van der Waals surface area contributed by atoms with Gasteiger partial charge in [0.15, 0.2) is 5.82 Å². The molecular formula is C16H17N7O. The molecule has 0 saturated carbocycles. The second-order valence-electron chi connectivity index (χ2n) is 5.66. The van der Waals surface area contributed by atoms with E-state index in [4.69, 9.17) is 0 Å². The Labute approximate surface area is 138 Å². The molecule has 0 aromatic carbocycles. The summed E-state index contributed by atoms with van der Waals surface area (Å²) in [5.41, 5.74) is 2.16. The standard InChI is InChI=1S/C16H17N7O/c1-2-13-19-20-14-10-22(7-8-23(13)14)16(24)12-9-18-21-15(12)11-3-5-17-6-4-11/h3-6,9H,2,7-8,10H2,1H3,(H,18,21). The van der Waals surface area contributed by atoms with Crippen molar-refractivity contribution in [3.05, 3.63) is 47.9 Å². The van der Waals surface area contributed by atoms with Gasteiger partial charge in [-0.3, -0.25) is 14.9 Å². The summed E-state index contributed by atoms with van der Waals surface area (Å²) < 4.78 is 2.10. The zero-order valence-corrected chi connectivity index (χ0v) is 13.3. The molecule has 8 heteroatoms. The molecular weight excluding hydrogens is 306 g/mol. The molecule has 0 saturated heterocycles. The summed E-state index contributed by atoms with van der Waals surface area (Å²) in [6.45, 7) is 3.88. The molecule has 0 fully saturated rings. The Bertz CT molecular complexity index is 868. The molecule has 1 N–H and O–H groups in total. The second-order valence-corrected chi connectivity index (χ2v) is 5.66. The highest BCUT2D eigenvalue weighted by Gasteiger charge is 2.27. The fraction of sp³-hybridized carbons (Fsp3) is 0.312. The van der Waals surface area contributed by atoms with E-state index in [2.05, 4.69) is 36.9 Å². The van der Waals surface area contributed by atoms with Gasteiger partial charge in [0, 0.05) is 37.5 Å². The molecule has 122 valence electrons. The van der Waals surface area contributed by atoms with Gasteiger partial charge in [-0.1, -0.05) is 6.92 Å². The maximum atomic E-state index is 12.9. The van der Waals surface area contributed by atoms with E-state index in [0.717, 1.165) is 30.2 Å². The molecule has 0 bridgehead atoms. The van der Waals surface area contributed by atoms with Crippen LogP contribution in [0.15, 0.2) is 30.7 Å². The van der Waals surface area contributed by atoms with Crippen LogP contribution in [-0.2, 0) is 19.5 Å². The van der Waals surface area contributed by atoms with E-state index in [9.17, 15) is 4.79 Å². The van der Waals surface area contributed by atoms with E-state index < -0.39 is 0 Å². The Kier molecular flexibility index (Phi) is 3.56. The lowest BCUT2D eigenvalue weighted by molar-refractivity contribution is 0.0707. The first kappa shape index (κ1) is 14.6. The highest BCUT2D eigenvalue weighted by Crippen LogP contribution is 2.23. The van der Waals surface area contributed by atoms with E-state index in [-0.39, 0.29) is 5.91 Å². The number of H-pyrrole nitrogens is 1. The number of aromatic nitrogens is 6. The smallest absolute Gasteiger partial charge is 0.258 e. The van der Waals surface area contributed by atoms with Gasteiger partial charge in [0.1, 0.15) is 5.82 Å². The van der Waals surface area contributed by atoms with Crippen LogP contribution in [0.5, 0.6) is 0 Å². The fourth-order valence-corrected chi connectivity index (χ4v) is 3.01. The minimum Gasteiger partial charge on any atom is -0.329 e. The summed E-state index contributed by atoms with van der Waals surface area (Å²) in [5.74, 6) is 1.75. The Balaban J connectivity index is 1.61. The van der Waals surface area contributed by atoms with Gasteiger partial charge in [-0.15, -0.1) is 10.2 Å². The monoisotopic (exact) mass is 323 g/mol. The van der Waals surface area contributed by atoms with Crippen LogP contribution >= 0.6 is 0 Å². The molecule has 4 heterocycles. The van der Waals surface area contributed by atoms with Crippen LogP contribution in [0.2, 0.25) is 0 Å². The molecule has 0 spiro atoms. The summed E-state index contributed by atoms with van der Waals surface area (Å²) in [7, 11) is 0. The highest BCUT2D eigenvalue weighted by atomic mass is 16.2. The van der Waals surface area contributed by atoms with Crippen molar-refractivity contribution in [2.24, 2.45) is 0 Å². The van der Waals surface area contributed by atoms with Crippen LogP contribution in [0.4, 0.5) is 0 Å². The van der Waals surface area contributed by atoms with Crippen LogP contribution in [0.1, 0.15) is 28.9 Å². The van der Waals surface area contributed by atoms with Crippen molar-refractivity contribution in [1.29, 1.82) is 0 Å². The van der Waals surface area contributed by atoms with Gasteiger partial charge in [-0.2, -0.15) is 5.10 Å². The first-order chi connectivity index (χ1) is 11.8. The minimum absolute atomic E-state index is 0.0529. The highest BCUT2D eigenvalue weighted by molar-refractivity contribution is 5.99. The maximum absolute atomic E-state index is 12.9. The van der Waals surface area contributed by atoms with Gasteiger partial charge in [-0.25, -0.2) is 0 Å². The third kappa shape index (κ3) is 2.36. The molecule has 1 aliphatic heterocycles. The minimum atomic E-state index is -0.0529. The summed E-state index contributed by atoms with van der Waals surface area (Å²) in [6.07, 6.45) is 5.81. The average molecular weight is 323 g/mol. The SMILES string of the molecule is CCc1nnc2n1CCN(C(=O)c1cn[nH]c1-c1ccncc1)C2. The molecule has 3 aromatic heterocycles. The van der Waals surface area contributed by atoms with Crippen LogP contribution in [0, 0.1) is 0 Å². The van der Waals surface area contributed by atoms with Crippen molar-refractivity contribution in [1.82, 2.24) is 34.8 Å². The number of carbonyl (C=O) groups excluding carboxylic acids is 1. The largest absolute Gasteiger partial charge is 0.329 e. The lowest BCUT2D eigenvalue weighted by atomic mass is 10.1. The van der Waals surface area contributed by atoms with Crippen LogP contribution < -0.4 is 0 Å². The molecule has 8 nitrogen and oxygen atoms in total. The number of fused-ring (bicyclic) bond motifs is 1. The second kappa shape index (κ2) is 5.88. The summed E-state index contributed by atoms with van der Waals surface area (Å²) in [5, 5.41) is 15.4. The van der Waals surface area contributed by atoms with Gasteiger partial charge in [-0.05, 0) is 12.1 Å². The van der Waals surface area contributed by atoms with Crippen LogP contribution in [-0.4, -0.2) is 47.3 Å². The number of aromatic amines is 1. The van der Waals surface area contributed by atoms with Crippen molar-refractivity contribution in [2.75, 3.05) is 6.54 Å². The van der Waals surface area contributed by atoms with Crippen molar-refractivity contribution in [3.63, 3.8) is 0 Å². The van der Waals surface area contributed by atoms with Gasteiger partial charge >= 0.3 is 0 Å². The third-order valence-corrected chi connectivity index (χ3v) is 4.27. The van der Waals surface area contributed by atoms with Gasteiger partial charge < -0.3 is 9.47 Å². The van der Waals surface area contributed by atoms with Crippen LogP contribution in [0.3, 0.4) is 0 Å². The third-order valence-electron chi connectivity index (χ3n) is 4.27. The zero-order chi connectivity index (χ0) is 16.5. The quantitative estimate of drug-likeness (QED) is 0.784. The number of aryl methyl sites for hydroxylation is 1. The van der Waals surface area contributed by atoms with Gasteiger partial charge in [0.2, 0.25) is 0 Å². The van der Waals surface area contributed by atoms with Crippen molar-refractivity contribution in [2.45, 2.75) is 26.4 Å². The van der Waals surface area contributed by atoms with E-state index in [1.807, 2.05) is 12.1 Å². The van der Waals surface area contributed by atoms with E-state index in [1.54, 1.807) is 23.5 Å². The first-order valence-electron chi connectivity index (χ1n) is 7.92. The number of pyridine rings is 1. The normalized spacial score (nSPS) is 13.8. The molecule has 0 radical (unpaired) electrons. The Morgan fingerprint density at radius 1 is 1.25 bits per heavy atom. The summed E-state index contributed by atoms with van der Waals surface area (Å²) in [4.78, 5) is 18.7. The Hall–Kier alpha value is -3.03. The van der Waals surface area contributed by atoms with E-state index in [1.165, 1.54) is 0 Å². The van der Waals surface area contributed by atoms with Crippen molar-refractivity contribution >= 4 is 5.91 Å².